The third-order valence-electron chi connectivity index (χ3n) is 5.71. The second kappa shape index (κ2) is 12.2. The number of ether oxygens (including phenoxy) is 1. The second-order valence-corrected chi connectivity index (χ2v) is 10.3. The number of aromatic carboxylic acids is 1. The van der Waals surface area contributed by atoms with Gasteiger partial charge in [0, 0.05) is 18.3 Å². The minimum absolute atomic E-state index is 0.214. The third kappa shape index (κ3) is 6.58. The van der Waals surface area contributed by atoms with Gasteiger partial charge in [-0.3, -0.25) is 5.43 Å². The SMILES string of the molecule is CN(c1ccc(Cl)c(Cl)c1)c1nnc(-c2cccc(Oc3cccc(/C=N/Nc4ccc(C(=O)O)cc4)c3)c2)s1. The maximum Gasteiger partial charge on any atom is 0.335 e. The molecule has 0 atom stereocenters. The van der Waals surface area contributed by atoms with Crippen molar-refractivity contribution in [1.82, 2.24) is 10.2 Å². The maximum absolute atomic E-state index is 11.0. The summed E-state index contributed by atoms with van der Waals surface area (Å²) in [5, 5.41) is 24.4. The van der Waals surface area contributed by atoms with Crippen LogP contribution in [0.15, 0.2) is 96.1 Å². The summed E-state index contributed by atoms with van der Waals surface area (Å²) in [7, 11) is 1.89. The molecule has 5 aromatic rings. The Kier molecular flexibility index (Phi) is 8.26. The van der Waals surface area contributed by atoms with Crippen molar-refractivity contribution >= 4 is 63.2 Å². The summed E-state index contributed by atoms with van der Waals surface area (Å²) in [6.07, 6.45) is 1.65. The highest BCUT2D eigenvalue weighted by Gasteiger charge is 2.14. The van der Waals surface area contributed by atoms with Crippen LogP contribution < -0.4 is 15.1 Å². The summed E-state index contributed by atoms with van der Waals surface area (Å²) in [6, 6.07) is 26.9. The van der Waals surface area contributed by atoms with E-state index in [-0.39, 0.29) is 5.56 Å². The molecule has 11 heteroatoms. The Labute approximate surface area is 244 Å². The zero-order chi connectivity index (χ0) is 28.1. The van der Waals surface area contributed by atoms with Gasteiger partial charge in [-0.25, -0.2) is 4.79 Å². The summed E-state index contributed by atoms with van der Waals surface area (Å²) in [4.78, 5) is 12.9. The highest BCUT2D eigenvalue weighted by molar-refractivity contribution is 7.18. The molecule has 0 saturated heterocycles. The van der Waals surface area contributed by atoms with Gasteiger partial charge in [-0.1, -0.05) is 58.8 Å². The van der Waals surface area contributed by atoms with Crippen molar-refractivity contribution in [3.63, 3.8) is 0 Å². The van der Waals surface area contributed by atoms with E-state index in [1.807, 2.05) is 66.5 Å². The molecule has 4 aromatic carbocycles. The Bertz CT molecular complexity index is 1690. The van der Waals surface area contributed by atoms with Gasteiger partial charge in [0.05, 0.1) is 27.5 Å². The molecule has 8 nitrogen and oxygen atoms in total. The van der Waals surface area contributed by atoms with Gasteiger partial charge in [-0.05, 0) is 72.3 Å². The molecule has 0 bridgehead atoms. The van der Waals surface area contributed by atoms with Gasteiger partial charge >= 0.3 is 5.97 Å². The second-order valence-electron chi connectivity index (χ2n) is 8.50. The van der Waals surface area contributed by atoms with E-state index in [4.69, 9.17) is 33.0 Å². The number of carboxylic acid groups (broad SMARTS) is 1. The molecule has 5 rings (SSSR count). The smallest absolute Gasteiger partial charge is 0.335 e. The number of carboxylic acids is 1. The van der Waals surface area contributed by atoms with Gasteiger partial charge in [-0.2, -0.15) is 5.10 Å². The lowest BCUT2D eigenvalue weighted by atomic mass is 10.2. The maximum atomic E-state index is 11.0. The number of halogens is 2. The number of carbonyl (C=O) groups is 1. The van der Waals surface area contributed by atoms with Crippen molar-refractivity contribution in [2.24, 2.45) is 5.10 Å². The van der Waals surface area contributed by atoms with Crippen LogP contribution in [0.25, 0.3) is 10.6 Å². The van der Waals surface area contributed by atoms with Gasteiger partial charge in [0.2, 0.25) is 5.13 Å². The lowest BCUT2D eigenvalue weighted by Gasteiger charge is -2.15. The van der Waals surface area contributed by atoms with Crippen LogP contribution in [-0.4, -0.2) is 34.5 Å². The molecule has 1 heterocycles. The Morgan fingerprint density at radius 1 is 0.950 bits per heavy atom. The topological polar surface area (TPSA) is 99.9 Å². The summed E-state index contributed by atoms with van der Waals surface area (Å²) in [5.41, 5.74) is 6.32. The largest absolute Gasteiger partial charge is 0.478 e. The van der Waals surface area contributed by atoms with Gasteiger partial charge in [0.1, 0.15) is 16.5 Å². The summed E-state index contributed by atoms with van der Waals surface area (Å²) >= 11 is 13.7. The number of hydrogen-bond acceptors (Lipinski definition) is 8. The standard InChI is InChI=1S/C29H21Cl2N5O3S/c1-36(22-12-13-25(30)26(31)16-22)29-35-34-27(40-29)20-5-3-7-24(15-20)39-23-6-2-4-18(14-23)17-32-33-21-10-8-19(9-11-21)28(37)38/h2-17,33H,1H3,(H,37,38)/b32-17+. The Morgan fingerprint density at radius 2 is 1.70 bits per heavy atom. The van der Waals surface area contributed by atoms with Crippen LogP contribution in [0.4, 0.5) is 16.5 Å². The molecule has 0 aliphatic carbocycles. The fourth-order valence-corrected chi connectivity index (χ4v) is 4.74. The summed E-state index contributed by atoms with van der Waals surface area (Å²) in [5.74, 6) is 0.319. The minimum Gasteiger partial charge on any atom is -0.478 e. The molecule has 0 fully saturated rings. The summed E-state index contributed by atoms with van der Waals surface area (Å²) < 4.78 is 6.11. The van der Waals surface area contributed by atoms with Crippen molar-refractivity contribution in [3.05, 3.63) is 112 Å². The number of nitrogens with zero attached hydrogens (tertiary/aromatic N) is 4. The van der Waals surface area contributed by atoms with Crippen molar-refractivity contribution in [1.29, 1.82) is 0 Å². The molecule has 0 aliphatic heterocycles. The lowest BCUT2D eigenvalue weighted by Crippen LogP contribution is -2.08. The van der Waals surface area contributed by atoms with Crippen molar-refractivity contribution in [3.8, 4) is 22.1 Å². The first-order chi connectivity index (χ1) is 19.4. The molecule has 200 valence electrons. The van der Waals surface area contributed by atoms with Crippen LogP contribution in [0.1, 0.15) is 15.9 Å². The number of benzene rings is 4. The molecular formula is C29H21Cl2N5O3S. The number of nitrogens with one attached hydrogen (secondary N) is 1. The Hall–Kier alpha value is -4.44. The van der Waals surface area contributed by atoms with Crippen molar-refractivity contribution in [2.75, 3.05) is 17.4 Å². The van der Waals surface area contributed by atoms with Gasteiger partial charge < -0.3 is 14.7 Å². The minimum atomic E-state index is -0.974. The zero-order valence-electron chi connectivity index (χ0n) is 21.0. The number of hydrazone groups is 1. The molecular weight excluding hydrogens is 569 g/mol. The number of anilines is 3. The van der Waals surface area contributed by atoms with Gasteiger partial charge in [0.15, 0.2) is 0 Å². The first-order valence-electron chi connectivity index (χ1n) is 11.9. The average molecular weight is 590 g/mol. The van der Waals surface area contributed by atoms with Crippen LogP contribution in [0.3, 0.4) is 0 Å². The van der Waals surface area contributed by atoms with E-state index < -0.39 is 5.97 Å². The summed E-state index contributed by atoms with van der Waals surface area (Å²) in [6.45, 7) is 0. The molecule has 0 radical (unpaired) electrons. The lowest BCUT2D eigenvalue weighted by molar-refractivity contribution is 0.0697. The van der Waals surface area contributed by atoms with E-state index in [0.29, 0.717) is 32.4 Å². The molecule has 0 amide bonds. The first kappa shape index (κ1) is 27.1. The number of hydrogen-bond donors (Lipinski definition) is 2. The molecule has 0 unspecified atom stereocenters. The highest BCUT2D eigenvalue weighted by atomic mass is 35.5. The third-order valence-corrected chi connectivity index (χ3v) is 7.49. The van der Waals surface area contributed by atoms with Crippen molar-refractivity contribution < 1.29 is 14.6 Å². The van der Waals surface area contributed by atoms with Crippen molar-refractivity contribution in [2.45, 2.75) is 0 Å². The van der Waals surface area contributed by atoms with Crippen LogP contribution in [-0.2, 0) is 0 Å². The van der Waals surface area contributed by atoms with Gasteiger partial charge in [-0.15, -0.1) is 10.2 Å². The van der Waals surface area contributed by atoms with E-state index in [2.05, 4.69) is 20.7 Å². The van der Waals surface area contributed by atoms with Crippen LogP contribution in [0.5, 0.6) is 11.5 Å². The monoisotopic (exact) mass is 589 g/mol. The first-order valence-corrected chi connectivity index (χ1v) is 13.5. The van der Waals surface area contributed by atoms with E-state index in [1.54, 1.807) is 30.5 Å². The fraction of sp³-hybridized carbons (Fsp3) is 0.0345. The number of aromatic nitrogens is 2. The predicted octanol–water partition coefficient (Wildman–Crippen LogP) is 8.22. The molecule has 0 saturated carbocycles. The Morgan fingerprint density at radius 3 is 2.45 bits per heavy atom. The van der Waals surface area contributed by atoms with Crippen LogP contribution in [0, 0.1) is 0 Å². The fourth-order valence-electron chi connectivity index (χ4n) is 3.63. The van der Waals surface area contributed by atoms with E-state index in [0.717, 1.165) is 21.8 Å². The molecule has 0 spiro atoms. The molecule has 1 aromatic heterocycles. The van der Waals surface area contributed by atoms with Gasteiger partial charge in [0.25, 0.3) is 0 Å². The highest BCUT2D eigenvalue weighted by Crippen LogP contribution is 2.35. The van der Waals surface area contributed by atoms with E-state index >= 15 is 0 Å². The average Bonchev–Trinajstić information content (AvgIpc) is 3.45. The quantitative estimate of drug-likeness (QED) is 0.132. The van der Waals surface area contributed by atoms with Crippen LogP contribution in [0.2, 0.25) is 10.0 Å². The Balaban J connectivity index is 1.25. The molecule has 2 N–H and O–H groups in total. The zero-order valence-corrected chi connectivity index (χ0v) is 23.3. The molecule has 0 aliphatic rings. The normalized spacial score (nSPS) is 11.0. The molecule has 40 heavy (non-hydrogen) atoms. The van der Waals surface area contributed by atoms with E-state index in [9.17, 15) is 4.79 Å². The number of rotatable bonds is 9. The predicted molar refractivity (Wildman–Crippen MR) is 161 cm³/mol. The van der Waals surface area contributed by atoms with Crippen LogP contribution >= 0.6 is 34.5 Å². The van der Waals surface area contributed by atoms with E-state index in [1.165, 1.54) is 23.5 Å².